The fourth-order valence-electron chi connectivity index (χ4n) is 2.55. The van der Waals surface area contributed by atoms with E-state index in [4.69, 9.17) is 10.3 Å². The average molecular weight is 406 g/mol. The summed E-state index contributed by atoms with van der Waals surface area (Å²) < 4.78 is 23.3. The summed E-state index contributed by atoms with van der Waals surface area (Å²) in [6, 6.07) is 2.89. The molecule has 9 heteroatoms. The second-order valence-electron chi connectivity index (χ2n) is 6.95. The van der Waals surface area contributed by atoms with E-state index in [9.17, 15) is 18.0 Å². The summed E-state index contributed by atoms with van der Waals surface area (Å²) in [4.78, 5) is 24.0. The summed E-state index contributed by atoms with van der Waals surface area (Å²) in [5.74, 6) is 10.4. The molecule has 3 atom stereocenters. The first-order chi connectivity index (χ1) is 13.1. The zero-order chi connectivity index (χ0) is 20.9. The maximum atomic E-state index is 12.2. The molecule has 150 valence electrons. The number of nitrogens with zero attached hydrogens (tertiary/aromatic N) is 1. The van der Waals surface area contributed by atoms with Crippen molar-refractivity contribution in [2.75, 3.05) is 12.9 Å². The predicted octanol–water partition coefficient (Wildman–Crippen LogP) is -0.470. The van der Waals surface area contributed by atoms with E-state index in [0.29, 0.717) is 5.56 Å². The number of pyridine rings is 1. The van der Waals surface area contributed by atoms with Crippen molar-refractivity contribution in [1.82, 2.24) is 10.0 Å². The molecule has 28 heavy (non-hydrogen) atoms. The summed E-state index contributed by atoms with van der Waals surface area (Å²) in [6.45, 7) is 1.29. The van der Waals surface area contributed by atoms with E-state index in [-0.39, 0.29) is 31.4 Å². The highest BCUT2D eigenvalue weighted by atomic mass is 32.2. The lowest BCUT2D eigenvalue weighted by molar-refractivity contribution is -0.131. The van der Waals surface area contributed by atoms with E-state index in [1.807, 2.05) is 0 Å². The van der Waals surface area contributed by atoms with Crippen LogP contribution in [0.5, 0.6) is 0 Å². The van der Waals surface area contributed by atoms with Crippen LogP contribution in [0.4, 0.5) is 0 Å². The first-order valence-electron chi connectivity index (χ1n) is 8.59. The van der Waals surface area contributed by atoms with Crippen LogP contribution in [0.15, 0.2) is 23.1 Å². The molecule has 1 aliphatic carbocycles. The zero-order valence-corrected chi connectivity index (χ0v) is 16.4. The zero-order valence-electron chi connectivity index (χ0n) is 15.6. The highest BCUT2D eigenvalue weighted by Gasteiger charge is 2.43. The van der Waals surface area contributed by atoms with Gasteiger partial charge in [-0.15, -0.1) is 0 Å². The SMILES string of the molecule is CC(CCn1ccc(C#CC#C[C@H]2C[C@H]2CO)cc1=O)(C(=O)NO)S(C)(=O)=O. The van der Waals surface area contributed by atoms with Crippen molar-refractivity contribution < 1.29 is 23.5 Å². The van der Waals surface area contributed by atoms with Gasteiger partial charge in [-0.25, -0.2) is 13.9 Å². The molecule has 1 aliphatic rings. The second-order valence-corrected chi connectivity index (χ2v) is 9.39. The predicted molar refractivity (Wildman–Crippen MR) is 102 cm³/mol. The third-order valence-corrected chi connectivity index (χ3v) is 6.94. The minimum absolute atomic E-state index is 0.0342. The Bertz CT molecular complexity index is 1040. The van der Waals surface area contributed by atoms with Gasteiger partial charge in [0, 0.05) is 43.2 Å². The van der Waals surface area contributed by atoms with Gasteiger partial charge in [0.1, 0.15) is 0 Å². The average Bonchev–Trinajstić information content (AvgIpc) is 3.41. The number of aliphatic hydroxyl groups is 1. The van der Waals surface area contributed by atoms with Crippen LogP contribution in [0.1, 0.15) is 25.3 Å². The number of hydroxylamine groups is 1. The van der Waals surface area contributed by atoms with Crippen LogP contribution in [0.25, 0.3) is 0 Å². The number of amides is 1. The lowest BCUT2D eigenvalue weighted by Crippen LogP contribution is -2.49. The fourth-order valence-corrected chi connectivity index (χ4v) is 3.39. The van der Waals surface area contributed by atoms with E-state index in [2.05, 4.69) is 23.7 Å². The van der Waals surface area contributed by atoms with Crippen molar-refractivity contribution in [3.05, 3.63) is 34.2 Å². The summed E-state index contributed by atoms with van der Waals surface area (Å²) >= 11 is 0. The molecule has 0 bridgehead atoms. The van der Waals surface area contributed by atoms with Gasteiger partial charge in [0.05, 0.1) is 0 Å². The highest BCUT2D eigenvalue weighted by Crippen LogP contribution is 2.36. The number of sulfone groups is 1. The molecule has 3 N–H and O–H groups in total. The molecule has 0 aliphatic heterocycles. The van der Waals surface area contributed by atoms with Crippen LogP contribution >= 0.6 is 0 Å². The topological polar surface area (TPSA) is 126 Å². The number of nitrogens with one attached hydrogen (secondary N) is 1. The molecular weight excluding hydrogens is 384 g/mol. The number of rotatable bonds is 6. The number of hydrogen-bond donors (Lipinski definition) is 3. The standard InChI is InChI=1S/C19H22N2O6S/c1-19(18(24)20-25,28(2,26)27)8-10-21-9-7-14(11-17(21)23)5-3-4-6-15-12-16(15)13-22/h7,9,11,15-16,22,25H,8,10,12-13H2,1-2H3,(H,20,24)/t15-,16-,19?/m0/s1. The second kappa shape index (κ2) is 8.61. The van der Waals surface area contributed by atoms with Crippen molar-refractivity contribution in [2.24, 2.45) is 11.8 Å². The van der Waals surface area contributed by atoms with Gasteiger partial charge in [-0.2, -0.15) is 0 Å². The van der Waals surface area contributed by atoms with E-state index in [1.165, 1.54) is 29.2 Å². The van der Waals surface area contributed by atoms with Crippen LogP contribution in [-0.2, 0) is 21.2 Å². The molecule has 0 radical (unpaired) electrons. The lowest BCUT2D eigenvalue weighted by atomic mass is 10.1. The Balaban J connectivity index is 2.09. The molecule has 1 aromatic heterocycles. The molecule has 0 saturated heterocycles. The lowest BCUT2D eigenvalue weighted by Gasteiger charge is -2.25. The Hall–Kier alpha value is -2.59. The third kappa shape index (κ3) is 5.02. The first kappa shape index (κ1) is 21.7. The van der Waals surface area contributed by atoms with Gasteiger partial charge in [0.15, 0.2) is 14.6 Å². The van der Waals surface area contributed by atoms with Crippen LogP contribution < -0.4 is 11.0 Å². The van der Waals surface area contributed by atoms with Gasteiger partial charge in [-0.1, -0.05) is 11.8 Å². The molecule has 2 rings (SSSR count). The number of aryl methyl sites for hydroxylation is 1. The minimum Gasteiger partial charge on any atom is -0.396 e. The van der Waals surface area contributed by atoms with Crippen molar-refractivity contribution in [3.8, 4) is 23.7 Å². The maximum absolute atomic E-state index is 12.2. The number of hydrogen-bond acceptors (Lipinski definition) is 6. The third-order valence-electron chi connectivity index (χ3n) is 4.91. The van der Waals surface area contributed by atoms with E-state index < -0.39 is 26.1 Å². The molecule has 1 aromatic rings. The summed E-state index contributed by atoms with van der Waals surface area (Å²) in [6.07, 6.45) is 3.04. The molecule has 1 heterocycles. The fraction of sp³-hybridized carbons (Fsp3) is 0.474. The quantitative estimate of drug-likeness (QED) is 0.333. The Kier molecular flexibility index (Phi) is 6.68. The number of carbonyl (C=O) groups excluding carboxylic acids is 1. The van der Waals surface area contributed by atoms with Crippen molar-refractivity contribution >= 4 is 15.7 Å². The minimum atomic E-state index is -3.83. The molecule has 1 fully saturated rings. The van der Waals surface area contributed by atoms with Gasteiger partial charge in [0.25, 0.3) is 11.5 Å². The highest BCUT2D eigenvalue weighted by molar-refractivity contribution is 7.92. The molecule has 0 aromatic carbocycles. The van der Waals surface area contributed by atoms with Gasteiger partial charge < -0.3 is 9.67 Å². The molecular formula is C19H22N2O6S. The van der Waals surface area contributed by atoms with Gasteiger partial charge >= 0.3 is 0 Å². The summed E-state index contributed by atoms with van der Waals surface area (Å²) in [5, 5.41) is 17.8. The Morgan fingerprint density at radius 2 is 2.14 bits per heavy atom. The molecule has 1 saturated carbocycles. The Morgan fingerprint density at radius 1 is 1.43 bits per heavy atom. The molecule has 0 spiro atoms. The van der Waals surface area contributed by atoms with Crippen molar-refractivity contribution in [2.45, 2.75) is 31.1 Å². The normalized spacial score (nSPS) is 20.0. The van der Waals surface area contributed by atoms with Crippen LogP contribution in [0.3, 0.4) is 0 Å². The van der Waals surface area contributed by atoms with Crippen LogP contribution in [0.2, 0.25) is 0 Å². The monoisotopic (exact) mass is 406 g/mol. The maximum Gasteiger partial charge on any atom is 0.264 e. The largest absolute Gasteiger partial charge is 0.396 e. The number of carbonyl (C=O) groups is 1. The van der Waals surface area contributed by atoms with Crippen molar-refractivity contribution in [1.29, 1.82) is 0 Å². The van der Waals surface area contributed by atoms with Gasteiger partial charge in [0.2, 0.25) is 0 Å². The number of aromatic nitrogens is 1. The smallest absolute Gasteiger partial charge is 0.264 e. The number of aliphatic hydroxyl groups excluding tert-OH is 1. The van der Waals surface area contributed by atoms with E-state index >= 15 is 0 Å². The van der Waals surface area contributed by atoms with E-state index in [0.717, 1.165) is 12.7 Å². The Labute approximate surface area is 163 Å². The first-order valence-corrected chi connectivity index (χ1v) is 10.5. The van der Waals surface area contributed by atoms with Crippen LogP contribution in [0, 0.1) is 35.5 Å². The molecule has 8 nitrogen and oxygen atoms in total. The summed E-state index contributed by atoms with van der Waals surface area (Å²) in [5.41, 5.74) is 1.43. The van der Waals surface area contributed by atoms with Crippen LogP contribution in [-0.4, -0.2) is 46.8 Å². The molecule has 1 amide bonds. The van der Waals surface area contributed by atoms with E-state index in [1.54, 1.807) is 6.07 Å². The van der Waals surface area contributed by atoms with Gasteiger partial charge in [-0.3, -0.25) is 14.8 Å². The molecule has 1 unspecified atom stereocenters. The van der Waals surface area contributed by atoms with Crippen molar-refractivity contribution in [3.63, 3.8) is 0 Å². The Morgan fingerprint density at radius 3 is 2.68 bits per heavy atom. The van der Waals surface area contributed by atoms with Gasteiger partial charge in [-0.05, 0) is 43.6 Å². The summed E-state index contributed by atoms with van der Waals surface area (Å²) in [7, 11) is -3.83.